The van der Waals surface area contributed by atoms with E-state index >= 15 is 0 Å². The van der Waals surface area contributed by atoms with E-state index in [-0.39, 0.29) is 11.7 Å². The number of aromatic nitrogens is 1. The van der Waals surface area contributed by atoms with Crippen molar-refractivity contribution in [3.63, 3.8) is 0 Å². The number of para-hydroxylation sites is 1. The second-order valence-electron chi connectivity index (χ2n) is 4.18. The predicted molar refractivity (Wildman–Crippen MR) is 75.6 cm³/mol. The van der Waals surface area contributed by atoms with Crippen LogP contribution in [0, 0.1) is 0 Å². The van der Waals surface area contributed by atoms with Crippen molar-refractivity contribution in [2.45, 2.75) is 13.5 Å². The lowest BCUT2D eigenvalue weighted by molar-refractivity contribution is 0.102. The van der Waals surface area contributed by atoms with Crippen LogP contribution in [-0.4, -0.2) is 22.6 Å². The first kappa shape index (κ1) is 14.0. The average Bonchev–Trinajstić information content (AvgIpc) is 2.46. The Balaban J connectivity index is 2.15. The lowest BCUT2D eigenvalue weighted by Crippen LogP contribution is -2.13. The molecule has 0 bridgehead atoms. The van der Waals surface area contributed by atoms with Crippen LogP contribution >= 0.6 is 0 Å². The van der Waals surface area contributed by atoms with Gasteiger partial charge in [-0.1, -0.05) is 18.2 Å². The molecular formula is C15H16N2O3. The fourth-order valence-electron chi connectivity index (χ4n) is 1.73. The molecule has 0 spiro atoms. The third kappa shape index (κ3) is 3.55. The van der Waals surface area contributed by atoms with Gasteiger partial charge in [-0.15, -0.1) is 0 Å². The molecule has 1 aromatic heterocycles. The summed E-state index contributed by atoms with van der Waals surface area (Å²) in [4.78, 5) is 15.9. The number of hydrogen-bond donors (Lipinski definition) is 2. The molecule has 0 atom stereocenters. The molecule has 5 heteroatoms. The molecule has 104 valence electrons. The number of hydrogen-bond acceptors (Lipinski definition) is 4. The van der Waals surface area contributed by atoms with E-state index in [0.29, 0.717) is 24.5 Å². The highest BCUT2D eigenvalue weighted by molar-refractivity contribution is 6.04. The molecule has 2 rings (SSSR count). The molecular weight excluding hydrogens is 256 g/mol. The molecule has 0 aliphatic heterocycles. The third-order valence-corrected chi connectivity index (χ3v) is 2.71. The van der Waals surface area contributed by atoms with E-state index in [1.54, 1.807) is 0 Å². The highest BCUT2D eigenvalue weighted by Gasteiger charge is 2.10. The van der Waals surface area contributed by atoms with Crippen LogP contribution in [0.25, 0.3) is 0 Å². The van der Waals surface area contributed by atoms with Crippen LogP contribution in [0.3, 0.4) is 0 Å². The van der Waals surface area contributed by atoms with Crippen LogP contribution < -0.4 is 5.32 Å². The fraction of sp³-hybridized carbons (Fsp3) is 0.200. The van der Waals surface area contributed by atoms with E-state index in [0.717, 1.165) is 5.56 Å². The van der Waals surface area contributed by atoms with E-state index in [2.05, 4.69) is 10.3 Å². The standard InChI is InChI=1S/C15H16N2O3/c1-2-20-10-11-5-3-4-6-14(11)17-15(19)12-7-13(18)9-16-8-12/h3-9,18H,2,10H2,1H3,(H,17,19). The molecule has 1 aromatic carbocycles. The van der Waals surface area contributed by atoms with Crippen LogP contribution in [0.5, 0.6) is 5.75 Å². The minimum Gasteiger partial charge on any atom is -0.506 e. The molecule has 0 radical (unpaired) electrons. The number of pyridine rings is 1. The summed E-state index contributed by atoms with van der Waals surface area (Å²) in [7, 11) is 0. The zero-order chi connectivity index (χ0) is 14.4. The van der Waals surface area contributed by atoms with Crippen LogP contribution in [0.4, 0.5) is 5.69 Å². The highest BCUT2D eigenvalue weighted by atomic mass is 16.5. The Hall–Kier alpha value is -2.40. The maximum atomic E-state index is 12.1. The number of benzene rings is 1. The monoisotopic (exact) mass is 272 g/mol. The van der Waals surface area contributed by atoms with E-state index in [1.165, 1.54) is 18.5 Å². The van der Waals surface area contributed by atoms with Gasteiger partial charge in [0.15, 0.2) is 0 Å². The molecule has 5 nitrogen and oxygen atoms in total. The number of aromatic hydroxyl groups is 1. The number of amides is 1. The van der Waals surface area contributed by atoms with Gasteiger partial charge in [0.1, 0.15) is 5.75 Å². The Morgan fingerprint density at radius 2 is 2.15 bits per heavy atom. The van der Waals surface area contributed by atoms with Crippen molar-refractivity contribution in [1.29, 1.82) is 0 Å². The summed E-state index contributed by atoms with van der Waals surface area (Å²) in [6.45, 7) is 2.96. The first-order valence-corrected chi connectivity index (χ1v) is 6.31. The van der Waals surface area contributed by atoms with Crippen molar-refractivity contribution >= 4 is 11.6 Å². The van der Waals surface area contributed by atoms with Gasteiger partial charge in [0.2, 0.25) is 0 Å². The fourth-order valence-corrected chi connectivity index (χ4v) is 1.73. The predicted octanol–water partition coefficient (Wildman–Crippen LogP) is 2.58. The third-order valence-electron chi connectivity index (χ3n) is 2.71. The molecule has 0 saturated heterocycles. The van der Waals surface area contributed by atoms with Crippen molar-refractivity contribution in [2.24, 2.45) is 0 Å². The van der Waals surface area contributed by atoms with Gasteiger partial charge in [-0.2, -0.15) is 0 Å². The minimum atomic E-state index is -0.322. The molecule has 2 aromatic rings. The molecule has 1 heterocycles. The quantitative estimate of drug-likeness (QED) is 0.877. The first-order valence-electron chi connectivity index (χ1n) is 6.31. The molecule has 1 amide bonds. The summed E-state index contributed by atoms with van der Waals surface area (Å²) in [6.07, 6.45) is 2.68. The summed E-state index contributed by atoms with van der Waals surface area (Å²) in [6, 6.07) is 8.80. The van der Waals surface area contributed by atoms with Crippen LogP contribution in [-0.2, 0) is 11.3 Å². The van der Waals surface area contributed by atoms with Crippen molar-refractivity contribution in [1.82, 2.24) is 4.98 Å². The van der Waals surface area contributed by atoms with E-state index in [9.17, 15) is 9.90 Å². The number of ether oxygens (including phenoxy) is 1. The van der Waals surface area contributed by atoms with Gasteiger partial charge < -0.3 is 15.2 Å². The van der Waals surface area contributed by atoms with Crippen LogP contribution in [0.1, 0.15) is 22.8 Å². The number of nitrogens with zero attached hydrogens (tertiary/aromatic N) is 1. The van der Waals surface area contributed by atoms with E-state index in [4.69, 9.17) is 4.74 Å². The van der Waals surface area contributed by atoms with Crippen molar-refractivity contribution in [3.8, 4) is 5.75 Å². The maximum absolute atomic E-state index is 12.1. The number of carbonyl (C=O) groups excluding carboxylic acids is 1. The Kier molecular flexibility index (Phi) is 4.68. The van der Waals surface area contributed by atoms with Gasteiger partial charge in [0.05, 0.1) is 18.4 Å². The SMILES string of the molecule is CCOCc1ccccc1NC(=O)c1cncc(O)c1. The van der Waals surface area contributed by atoms with Crippen LogP contribution in [0.15, 0.2) is 42.7 Å². The molecule has 2 N–H and O–H groups in total. The zero-order valence-corrected chi connectivity index (χ0v) is 11.2. The Bertz CT molecular complexity index is 599. The normalized spacial score (nSPS) is 10.2. The summed E-state index contributed by atoms with van der Waals surface area (Å²) in [5.74, 6) is -0.363. The number of carbonyl (C=O) groups is 1. The average molecular weight is 272 g/mol. The Morgan fingerprint density at radius 1 is 1.35 bits per heavy atom. The van der Waals surface area contributed by atoms with Crippen molar-refractivity contribution < 1.29 is 14.6 Å². The largest absolute Gasteiger partial charge is 0.506 e. The van der Waals surface area contributed by atoms with Crippen molar-refractivity contribution in [3.05, 3.63) is 53.9 Å². The summed E-state index contributed by atoms with van der Waals surface area (Å²) in [5.41, 5.74) is 1.89. The minimum absolute atomic E-state index is 0.0414. The Morgan fingerprint density at radius 3 is 2.90 bits per heavy atom. The second kappa shape index (κ2) is 6.68. The van der Waals surface area contributed by atoms with E-state index in [1.807, 2.05) is 31.2 Å². The molecule has 0 aliphatic rings. The molecule has 0 fully saturated rings. The number of rotatable bonds is 5. The summed E-state index contributed by atoms with van der Waals surface area (Å²) in [5, 5.41) is 12.1. The summed E-state index contributed by atoms with van der Waals surface area (Å²) >= 11 is 0. The van der Waals surface area contributed by atoms with Gasteiger partial charge >= 0.3 is 0 Å². The number of anilines is 1. The van der Waals surface area contributed by atoms with Gasteiger partial charge in [-0.05, 0) is 19.1 Å². The number of nitrogens with one attached hydrogen (secondary N) is 1. The van der Waals surface area contributed by atoms with Crippen molar-refractivity contribution in [2.75, 3.05) is 11.9 Å². The molecule has 20 heavy (non-hydrogen) atoms. The van der Waals surface area contributed by atoms with E-state index < -0.39 is 0 Å². The molecule has 0 saturated carbocycles. The lowest BCUT2D eigenvalue weighted by atomic mass is 10.1. The zero-order valence-electron chi connectivity index (χ0n) is 11.2. The lowest BCUT2D eigenvalue weighted by Gasteiger charge is -2.11. The smallest absolute Gasteiger partial charge is 0.257 e. The van der Waals surface area contributed by atoms with Gasteiger partial charge in [0.25, 0.3) is 5.91 Å². The Labute approximate surface area is 117 Å². The topological polar surface area (TPSA) is 71.5 Å². The summed E-state index contributed by atoms with van der Waals surface area (Å²) < 4.78 is 5.36. The second-order valence-corrected chi connectivity index (χ2v) is 4.18. The van der Waals surface area contributed by atoms with Gasteiger partial charge in [-0.25, -0.2) is 0 Å². The highest BCUT2D eigenvalue weighted by Crippen LogP contribution is 2.18. The molecule has 0 unspecified atom stereocenters. The van der Waals surface area contributed by atoms with Gasteiger partial charge in [-0.3, -0.25) is 9.78 Å². The maximum Gasteiger partial charge on any atom is 0.257 e. The first-order chi connectivity index (χ1) is 9.70. The van der Waals surface area contributed by atoms with Crippen LogP contribution in [0.2, 0.25) is 0 Å². The molecule has 0 aliphatic carbocycles. The van der Waals surface area contributed by atoms with Gasteiger partial charge in [0, 0.05) is 24.1 Å².